The molecule has 0 aliphatic carbocycles. The Hall–Kier alpha value is -0.660. The van der Waals surface area contributed by atoms with E-state index in [-0.39, 0.29) is 17.4 Å². The monoisotopic (exact) mass is 319 g/mol. The topological polar surface area (TPSA) is 92.5 Å². The summed E-state index contributed by atoms with van der Waals surface area (Å²) in [4.78, 5) is 14.1. The fourth-order valence-electron chi connectivity index (χ4n) is 2.72. The summed E-state index contributed by atoms with van der Waals surface area (Å²) in [5.74, 6) is 0.111. The van der Waals surface area contributed by atoms with Gasteiger partial charge in [0.2, 0.25) is 15.9 Å². The Morgan fingerprint density at radius 2 is 2.05 bits per heavy atom. The summed E-state index contributed by atoms with van der Waals surface area (Å²) < 4.78 is 25.2. The Morgan fingerprint density at radius 3 is 2.62 bits per heavy atom. The third-order valence-electron chi connectivity index (χ3n) is 3.99. The van der Waals surface area contributed by atoms with Crippen LogP contribution in [0.25, 0.3) is 0 Å². The minimum Gasteiger partial charge on any atom is -0.341 e. The van der Waals surface area contributed by atoms with Gasteiger partial charge in [0.05, 0.1) is 6.26 Å². The normalized spacial score (nSPS) is 20.6. The van der Waals surface area contributed by atoms with Gasteiger partial charge in [-0.1, -0.05) is 13.8 Å². The van der Waals surface area contributed by atoms with E-state index in [2.05, 4.69) is 18.6 Å². The van der Waals surface area contributed by atoms with Crippen LogP contribution in [0.2, 0.25) is 0 Å². The Bertz CT molecular complexity index is 448. The largest absolute Gasteiger partial charge is 0.341 e. The van der Waals surface area contributed by atoms with Gasteiger partial charge in [-0.3, -0.25) is 4.79 Å². The minimum absolute atomic E-state index is 0.0740. The maximum atomic E-state index is 12.3. The molecule has 1 fully saturated rings. The molecule has 1 heterocycles. The molecule has 1 aliphatic rings. The molecule has 1 atom stereocenters. The molecular formula is C14H29N3O3S. The number of piperidine rings is 1. The summed E-state index contributed by atoms with van der Waals surface area (Å²) >= 11 is 0. The van der Waals surface area contributed by atoms with Gasteiger partial charge < -0.3 is 10.6 Å². The van der Waals surface area contributed by atoms with Crippen molar-refractivity contribution >= 4 is 15.9 Å². The average molecular weight is 319 g/mol. The second kappa shape index (κ2) is 7.56. The molecule has 1 aliphatic heterocycles. The number of nitrogens with two attached hydrogens (primary N) is 1. The molecule has 0 aromatic rings. The molecule has 1 amide bonds. The molecule has 7 heteroatoms. The smallest absolute Gasteiger partial charge is 0.222 e. The van der Waals surface area contributed by atoms with Gasteiger partial charge in [-0.15, -0.1) is 0 Å². The van der Waals surface area contributed by atoms with Crippen molar-refractivity contribution in [2.45, 2.75) is 52.0 Å². The van der Waals surface area contributed by atoms with Crippen LogP contribution < -0.4 is 10.5 Å². The van der Waals surface area contributed by atoms with E-state index in [1.165, 1.54) is 0 Å². The zero-order valence-electron chi connectivity index (χ0n) is 13.4. The van der Waals surface area contributed by atoms with E-state index < -0.39 is 10.0 Å². The van der Waals surface area contributed by atoms with Crippen molar-refractivity contribution in [3.63, 3.8) is 0 Å². The molecule has 0 aromatic carbocycles. The molecule has 1 rings (SSSR count). The highest BCUT2D eigenvalue weighted by atomic mass is 32.2. The lowest BCUT2D eigenvalue weighted by Gasteiger charge is -2.33. The van der Waals surface area contributed by atoms with Crippen LogP contribution in [0, 0.1) is 5.41 Å². The molecular weight excluding hydrogens is 290 g/mol. The lowest BCUT2D eigenvalue weighted by Crippen LogP contribution is -2.49. The quantitative estimate of drug-likeness (QED) is 0.722. The predicted molar refractivity (Wildman–Crippen MR) is 84.3 cm³/mol. The van der Waals surface area contributed by atoms with Crippen molar-refractivity contribution in [3.05, 3.63) is 0 Å². The predicted octanol–water partition coefficient (Wildman–Crippen LogP) is 0.682. The van der Waals surface area contributed by atoms with Crippen LogP contribution in [0.4, 0.5) is 0 Å². The van der Waals surface area contributed by atoms with E-state index in [1.807, 2.05) is 0 Å². The molecule has 1 saturated heterocycles. The number of amides is 1. The third-order valence-corrected chi connectivity index (χ3v) is 4.75. The first-order chi connectivity index (χ1) is 9.63. The van der Waals surface area contributed by atoms with Gasteiger partial charge in [0.15, 0.2) is 0 Å². The molecule has 0 bridgehead atoms. The number of hydrogen-bond acceptors (Lipinski definition) is 4. The van der Waals surface area contributed by atoms with Crippen LogP contribution in [0.15, 0.2) is 0 Å². The highest BCUT2D eigenvalue weighted by Gasteiger charge is 2.26. The molecule has 21 heavy (non-hydrogen) atoms. The van der Waals surface area contributed by atoms with E-state index >= 15 is 0 Å². The van der Waals surface area contributed by atoms with Gasteiger partial charge in [-0.05, 0) is 37.6 Å². The van der Waals surface area contributed by atoms with E-state index in [1.54, 1.807) is 4.90 Å². The van der Waals surface area contributed by atoms with Crippen molar-refractivity contribution in [3.8, 4) is 0 Å². The summed E-state index contributed by atoms with van der Waals surface area (Å²) in [6.45, 7) is 6.07. The van der Waals surface area contributed by atoms with E-state index in [0.29, 0.717) is 19.5 Å². The lowest BCUT2D eigenvalue weighted by atomic mass is 9.84. The van der Waals surface area contributed by atoms with Crippen molar-refractivity contribution < 1.29 is 13.2 Å². The van der Waals surface area contributed by atoms with E-state index in [4.69, 9.17) is 5.73 Å². The van der Waals surface area contributed by atoms with Crippen LogP contribution in [0.1, 0.15) is 46.0 Å². The maximum Gasteiger partial charge on any atom is 0.222 e. The Labute approximate surface area is 128 Å². The summed E-state index contributed by atoms with van der Waals surface area (Å²) in [5, 5.41) is 0. The van der Waals surface area contributed by atoms with Crippen LogP contribution >= 0.6 is 0 Å². The second-order valence-electron chi connectivity index (χ2n) is 6.77. The first kappa shape index (κ1) is 18.4. The molecule has 0 radical (unpaired) electrons. The number of sulfonamides is 1. The fraction of sp³-hybridized carbons (Fsp3) is 0.929. The van der Waals surface area contributed by atoms with Gasteiger partial charge >= 0.3 is 0 Å². The number of rotatable bonds is 7. The first-order valence-electron chi connectivity index (χ1n) is 7.58. The first-order valence-corrected chi connectivity index (χ1v) is 9.47. The fourth-order valence-corrected chi connectivity index (χ4v) is 3.52. The van der Waals surface area contributed by atoms with Crippen LogP contribution in [0.3, 0.4) is 0 Å². The number of nitrogens with one attached hydrogen (secondary N) is 1. The van der Waals surface area contributed by atoms with Gasteiger partial charge in [0, 0.05) is 25.6 Å². The number of likely N-dealkylation sites (tertiary alicyclic amines) is 1. The Morgan fingerprint density at radius 1 is 1.38 bits per heavy atom. The van der Waals surface area contributed by atoms with Crippen molar-refractivity contribution in [1.29, 1.82) is 0 Å². The number of carbonyl (C=O) groups is 1. The molecule has 3 N–H and O–H groups in total. The van der Waals surface area contributed by atoms with E-state index in [9.17, 15) is 13.2 Å². The number of nitrogens with zero attached hydrogens (tertiary/aromatic N) is 1. The average Bonchev–Trinajstić information content (AvgIpc) is 2.34. The molecule has 6 nitrogen and oxygen atoms in total. The van der Waals surface area contributed by atoms with Crippen molar-refractivity contribution in [1.82, 2.24) is 9.62 Å². The van der Waals surface area contributed by atoms with Crippen LogP contribution in [-0.2, 0) is 14.8 Å². The number of carbonyl (C=O) groups excluding carboxylic acids is 1. The van der Waals surface area contributed by atoms with Gasteiger partial charge in [-0.25, -0.2) is 13.1 Å². The SMILES string of the molecule is CC(C)(CCN)CCC(=O)N1CCCC(NS(C)(=O)=O)C1. The molecule has 0 saturated carbocycles. The molecule has 1 unspecified atom stereocenters. The Kier molecular flexibility index (Phi) is 6.62. The lowest BCUT2D eigenvalue weighted by molar-refractivity contribution is -0.133. The third kappa shape index (κ3) is 7.24. The zero-order valence-corrected chi connectivity index (χ0v) is 14.2. The summed E-state index contributed by atoms with van der Waals surface area (Å²) in [7, 11) is -3.22. The highest BCUT2D eigenvalue weighted by Crippen LogP contribution is 2.26. The van der Waals surface area contributed by atoms with E-state index in [0.717, 1.165) is 38.5 Å². The number of hydrogen-bond donors (Lipinski definition) is 2. The molecule has 124 valence electrons. The zero-order chi connectivity index (χ0) is 16.1. The van der Waals surface area contributed by atoms with Gasteiger partial charge in [-0.2, -0.15) is 0 Å². The van der Waals surface area contributed by atoms with Gasteiger partial charge in [0.25, 0.3) is 0 Å². The van der Waals surface area contributed by atoms with Crippen molar-refractivity contribution in [2.24, 2.45) is 11.1 Å². The summed E-state index contributed by atoms with van der Waals surface area (Å²) in [6, 6.07) is -0.158. The maximum absolute atomic E-state index is 12.3. The Balaban J connectivity index is 2.47. The van der Waals surface area contributed by atoms with Crippen LogP contribution in [-0.4, -0.2) is 51.2 Å². The summed E-state index contributed by atoms with van der Waals surface area (Å²) in [6.07, 6.45) is 4.99. The van der Waals surface area contributed by atoms with Crippen LogP contribution in [0.5, 0.6) is 0 Å². The standard InChI is InChI=1S/C14H29N3O3S/c1-14(2,8-9-15)7-6-13(18)17-10-4-5-12(11-17)16-21(3,19)20/h12,16H,4-11,15H2,1-3H3. The summed E-state index contributed by atoms with van der Waals surface area (Å²) in [5.41, 5.74) is 5.65. The molecule has 0 spiro atoms. The van der Waals surface area contributed by atoms with Gasteiger partial charge in [0.1, 0.15) is 0 Å². The highest BCUT2D eigenvalue weighted by molar-refractivity contribution is 7.88. The minimum atomic E-state index is -3.22. The molecule has 0 aromatic heterocycles. The van der Waals surface area contributed by atoms with Crippen molar-refractivity contribution in [2.75, 3.05) is 25.9 Å². The second-order valence-corrected chi connectivity index (χ2v) is 8.55.